The zero-order chi connectivity index (χ0) is 21.3. The molecule has 0 heterocycles. The minimum atomic E-state index is -1.79. The minimum absolute atomic E-state index is 0.207. The van der Waals surface area contributed by atoms with Gasteiger partial charge >= 0.3 is 0 Å². The lowest BCUT2D eigenvalue weighted by Crippen LogP contribution is -2.59. The number of rotatable bonds is 20. The van der Waals surface area contributed by atoms with Gasteiger partial charge in [-0.25, -0.2) is 0 Å². The van der Waals surface area contributed by atoms with Crippen molar-refractivity contribution in [1.29, 1.82) is 0 Å². The van der Waals surface area contributed by atoms with Crippen LogP contribution in [0.25, 0.3) is 0 Å². The molecular formula is C22H46O6. The van der Waals surface area contributed by atoms with Gasteiger partial charge in [0.05, 0.1) is 13.2 Å². The second-order valence-corrected chi connectivity index (χ2v) is 8.02. The molecule has 0 saturated heterocycles. The Morgan fingerprint density at radius 1 is 0.714 bits per heavy atom. The van der Waals surface area contributed by atoms with Crippen LogP contribution < -0.4 is 0 Å². The maximum Gasteiger partial charge on any atom is 0.121 e. The molecule has 6 nitrogen and oxygen atoms in total. The van der Waals surface area contributed by atoms with Crippen LogP contribution in [0.3, 0.4) is 0 Å². The highest BCUT2D eigenvalue weighted by atomic mass is 16.5. The van der Waals surface area contributed by atoms with Gasteiger partial charge in [-0.1, -0.05) is 84.5 Å². The SMILES string of the molecule is CCCCCCCCO[C@H]([C@H](O)CO)[C@@](O)(CCCCCCCC)[C@H](O)CO. The van der Waals surface area contributed by atoms with Gasteiger partial charge in [0.15, 0.2) is 0 Å². The number of hydrogen-bond donors (Lipinski definition) is 5. The number of unbranched alkanes of at least 4 members (excludes halogenated alkanes) is 10. The number of hydrogen-bond acceptors (Lipinski definition) is 6. The summed E-state index contributed by atoms with van der Waals surface area (Å²) in [5, 5.41) is 50.4. The van der Waals surface area contributed by atoms with Gasteiger partial charge in [-0.15, -0.1) is 0 Å². The number of ether oxygens (including phenoxy) is 1. The normalized spacial score (nSPS) is 17.2. The van der Waals surface area contributed by atoms with E-state index in [4.69, 9.17) is 4.74 Å². The molecule has 6 heteroatoms. The molecule has 4 atom stereocenters. The van der Waals surface area contributed by atoms with Crippen LogP contribution in [-0.4, -0.2) is 69.3 Å². The summed E-state index contributed by atoms with van der Waals surface area (Å²) in [6.45, 7) is 3.46. The van der Waals surface area contributed by atoms with Crippen molar-refractivity contribution in [2.24, 2.45) is 0 Å². The van der Waals surface area contributed by atoms with E-state index < -0.39 is 37.1 Å². The van der Waals surface area contributed by atoms with Crippen molar-refractivity contribution in [1.82, 2.24) is 0 Å². The molecule has 28 heavy (non-hydrogen) atoms. The van der Waals surface area contributed by atoms with Gasteiger partial charge in [0.1, 0.15) is 23.9 Å². The predicted molar refractivity (Wildman–Crippen MR) is 112 cm³/mol. The van der Waals surface area contributed by atoms with Gasteiger partial charge in [0.25, 0.3) is 0 Å². The minimum Gasteiger partial charge on any atom is -0.394 e. The summed E-state index contributed by atoms with van der Waals surface area (Å²) in [4.78, 5) is 0. The van der Waals surface area contributed by atoms with Crippen LogP contribution >= 0.6 is 0 Å². The summed E-state index contributed by atoms with van der Waals surface area (Å²) >= 11 is 0. The molecule has 0 aromatic rings. The monoisotopic (exact) mass is 406 g/mol. The fourth-order valence-corrected chi connectivity index (χ4v) is 3.62. The van der Waals surface area contributed by atoms with Crippen molar-refractivity contribution in [3.8, 4) is 0 Å². The predicted octanol–water partition coefficient (Wildman–Crippen LogP) is 2.92. The molecule has 5 N–H and O–H groups in total. The molecule has 0 rings (SSSR count). The van der Waals surface area contributed by atoms with Crippen molar-refractivity contribution in [2.45, 2.75) is 121 Å². The van der Waals surface area contributed by atoms with Gasteiger partial charge in [0.2, 0.25) is 0 Å². The van der Waals surface area contributed by atoms with Gasteiger partial charge in [-0.3, -0.25) is 0 Å². The number of aliphatic hydroxyl groups excluding tert-OH is 4. The van der Waals surface area contributed by atoms with Crippen LogP contribution in [0.15, 0.2) is 0 Å². The van der Waals surface area contributed by atoms with Gasteiger partial charge in [-0.2, -0.15) is 0 Å². The molecule has 0 aliphatic heterocycles. The third-order valence-electron chi connectivity index (χ3n) is 5.51. The fourth-order valence-electron chi connectivity index (χ4n) is 3.62. The van der Waals surface area contributed by atoms with Crippen LogP contribution in [0, 0.1) is 0 Å². The van der Waals surface area contributed by atoms with Crippen LogP contribution in [0.5, 0.6) is 0 Å². The summed E-state index contributed by atoms with van der Waals surface area (Å²) in [7, 11) is 0. The maximum atomic E-state index is 11.1. The third-order valence-corrected chi connectivity index (χ3v) is 5.51. The highest BCUT2D eigenvalue weighted by Gasteiger charge is 2.46. The van der Waals surface area contributed by atoms with E-state index >= 15 is 0 Å². The zero-order valence-electron chi connectivity index (χ0n) is 18.2. The molecular weight excluding hydrogens is 360 g/mol. The van der Waals surface area contributed by atoms with E-state index in [0.29, 0.717) is 13.0 Å². The molecule has 0 fully saturated rings. The van der Waals surface area contributed by atoms with E-state index in [2.05, 4.69) is 13.8 Å². The molecule has 0 aromatic carbocycles. The second kappa shape index (κ2) is 17.6. The van der Waals surface area contributed by atoms with Crippen molar-refractivity contribution in [3.63, 3.8) is 0 Å². The highest BCUT2D eigenvalue weighted by Crippen LogP contribution is 2.29. The molecule has 0 radical (unpaired) electrons. The largest absolute Gasteiger partial charge is 0.394 e. The van der Waals surface area contributed by atoms with E-state index in [1.54, 1.807) is 0 Å². The van der Waals surface area contributed by atoms with Gasteiger partial charge < -0.3 is 30.3 Å². The van der Waals surface area contributed by atoms with E-state index in [0.717, 1.165) is 44.9 Å². The highest BCUT2D eigenvalue weighted by molar-refractivity contribution is 4.97. The first-order valence-electron chi connectivity index (χ1n) is 11.4. The van der Waals surface area contributed by atoms with Crippen molar-refractivity contribution in [2.75, 3.05) is 19.8 Å². The van der Waals surface area contributed by atoms with Crippen molar-refractivity contribution < 1.29 is 30.3 Å². The Balaban J connectivity index is 4.72. The Labute approximate surface area is 171 Å². The second-order valence-electron chi connectivity index (χ2n) is 8.02. The van der Waals surface area contributed by atoms with Crippen LogP contribution in [-0.2, 0) is 4.74 Å². The van der Waals surface area contributed by atoms with Crippen LogP contribution in [0.2, 0.25) is 0 Å². The van der Waals surface area contributed by atoms with Crippen LogP contribution in [0.1, 0.15) is 97.3 Å². The maximum absolute atomic E-state index is 11.1. The smallest absolute Gasteiger partial charge is 0.121 e. The van der Waals surface area contributed by atoms with Crippen molar-refractivity contribution >= 4 is 0 Å². The first-order valence-corrected chi connectivity index (χ1v) is 11.4. The molecule has 0 aliphatic carbocycles. The lowest BCUT2D eigenvalue weighted by atomic mass is 9.82. The van der Waals surface area contributed by atoms with Gasteiger partial charge in [0, 0.05) is 6.61 Å². The summed E-state index contributed by atoms with van der Waals surface area (Å²) < 4.78 is 5.75. The Morgan fingerprint density at radius 3 is 1.71 bits per heavy atom. The summed E-state index contributed by atoms with van der Waals surface area (Å²) in [6.07, 6.45) is 8.90. The van der Waals surface area contributed by atoms with E-state index in [1.807, 2.05) is 0 Å². The first-order chi connectivity index (χ1) is 13.5. The Bertz CT molecular complexity index is 341. The molecule has 170 valence electrons. The average molecular weight is 407 g/mol. The van der Waals surface area contributed by atoms with E-state index in [1.165, 1.54) is 25.7 Å². The molecule has 0 spiro atoms. The molecule has 0 saturated carbocycles. The Morgan fingerprint density at radius 2 is 1.21 bits per heavy atom. The Hall–Kier alpha value is -0.240. The molecule has 0 unspecified atom stereocenters. The standard InChI is InChI=1S/C22H46O6/c1-3-5-7-9-11-13-15-22(27,20(26)18-24)21(19(25)17-23)28-16-14-12-10-8-6-4-2/h19-21,23-27H,3-18H2,1-2H3/t19-,20-,21-,22-/m1/s1. The molecule has 0 amide bonds. The van der Waals surface area contributed by atoms with Crippen molar-refractivity contribution in [3.05, 3.63) is 0 Å². The summed E-state index contributed by atoms with van der Waals surface area (Å²) in [5.41, 5.74) is -1.79. The topological polar surface area (TPSA) is 110 Å². The Kier molecular flexibility index (Phi) is 17.5. The first kappa shape index (κ1) is 27.8. The summed E-state index contributed by atoms with van der Waals surface area (Å²) in [6, 6.07) is 0. The van der Waals surface area contributed by atoms with E-state index in [9.17, 15) is 25.5 Å². The average Bonchev–Trinajstić information content (AvgIpc) is 2.71. The fraction of sp³-hybridized carbons (Fsp3) is 1.00. The lowest BCUT2D eigenvalue weighted by Gasteiger charge is -2.41. The summed E-state index contributed by atoms with van der Waals surface area (Å²) in [5.74, 6) is 0. The van der Waals surface area contributed by atoms with Gasteiger partial charge in [-0.05, 0) is 12.8 Å². The third kappa shape index (κ3) is 11.1. The lowest BCUT2D eigenvalue weighted by molar-refractivity contribution is -0.211. The molecule has 0 bridgehead atoms. The zero-order valence-corrected chi connectivity index (χ0v) is 18.2. The quantitative estimate of drug-likeness (QED) is 0.199. The van der Waals surface area contributed by atoms with Crippen LogP contribution in [0.4, 0.5) is 0 Å². The molecule has 0 aromatic heterocycles. The van der Waals surface area contributed by atoms with E-state index in [-0.39, 0.29) is 6.42 Å². The number of aliphatic hydroxyl groups is 5. The molecule has 0 aliphatic rings.